The van der Waals surface area contributed by atoms with Gasteiger partial charge in [-0.2, -0.15) is 0 Å². The van der Waals surface area contributed by atoms with Crippen molar-refractivity contribution in [2.24, 2.45) is 5.41 Å². The minimum atomic E-state index is -0.165. The zero-order chi connectivity index (χ0) is 14.0. The maximum atomic E-state index is 12.2. The molecule has 0 radical (unpaired) electrons. The molecule has 0 bridgehead atoms. The fourth-order valence-corrected chi connectivity index (χ4v) is 2.90. The van der Waals surface area contributed by atoms with E-state index in [-0.39, 0.29) is 17.4 Å². The van der Waals surface area contributed by atoms with Gasteiger partial charge in [0.05, 0.1) is 10.6 Å². The van der Waals surface area contributed by atoms with Crippen molar-refractivity contribution in [1.29, 1.82) is 0 Å². The second-order valence-corrected chi connectivity index (χ2v) is 6.43. The van der Waals surface area contributed by atoms with Crippen molar-refractivity contribution < 1.29 is 4.79 Å². The summed E-state index contributed by atoms with van der Waals surface area (Å²) in [5.41, 5.74) is 6.28. The van der Waals surface area contributed by atoms with Gasteiger partial charge in [-0.05, 0) is 30.7 Å². The number of amides is 1. The van der Waals surface area contributed by atoms with Crippen LogP contribution in [0.3, 0.4) is 0 Å². The van der Waals surface area contributed by atoms with Gasteiger partial charge < -0.3 is 11.1 Å². The Hall–Kier alpha value is -1.29. The number of halogens is 1. The number of carbonyl (C=O) groups excluding carboxylic acids is 1. The third-order valence-electron chi connectivity index (χ3n) is 3.66. The summed E-state index contributed by atoms with van der Waals surface area (Å²) in [6.45, 7) is 4.48. The molecule has 1 saturated carbocycles. The highest BCUT2D eigenvalue weighted by atomic mass is 35.5. The lowest BCUT2D eigenvalue weighted by Crippen LogP contribution is -2.40. The molecule has 1 aliphatic carbocycles. The Bertz CT molecular complexity index is 488. The van der Waals surface area contributed by atoms with Gasteiger partial charge in [-0.1, -0.05) is 31.9 Å². The van der Waals surface area contributed by atoms with Crippen LogP contribution in [-0.4, -0.2) is 16.9 Å². The number of nitrogen functional groups attached to an aromatic ring is 1. The molecule has 3 N–H and O–H groups in total. The van der Waals surface area contributed by atoms with Crippen LogP contribution in [0.5, 0.6) is 0 Å². The maximum Gasteiger partial charge on any atom is 0.253 e. The predicted octanol–water partition coefficient (Wildman–Crippen LogP) is 3.02. The average Bonchev–Trinajstić information content (AvgIpc) is 2.31. The second kappa shape index (κ2) is 5.37. The van der Waals surface area contributed by atoms with Gasteiger partial charge in [0, 0.05) is 12.2 Å². The lowest BCUT2D eigenvalue weighted by Gasteiger charge is -2.35. The Kier molecular flexibility index (Phi) is 3.99. The van der Waals surface area contributed by atoms with Crippen LogP contribution in [0.4, 0.5) is 5.82 Å². The van der Waals surface area contributed by atoms with Gasteiger partial charge in [0.15, 0.2) is 0 Å². The number of nitrogens with one attached hydrogen (secondary N) is 1. The zero-order valence-corrected chi connectivity index (χ0v) is 12.1. The van der Waals surface area contributed by atoms with Crippen molar-refractivity contribution in [2.45, 2.75) is 45.6 Å². The van der Waals surface area contributed by atoms with Gasteiger partial charge in [-0.3, -0.25) is 4.79 Å². The summed E-state index contributed by atoms with van der Waals surface area (Å²) in [4.78, 5) is 16.1. The third-order valence-corrected chi connectivity index (χ3v) is 3.96. The summed E-state index contributed by atoms with van der Waals surface area (Å²) in [6, 6.07) is 1.73. The van der Waals surface area contributed by atoms with E-state index in [1.807, 2.05) is 0 Å². The number of rotatable bonds is 2. The first-order valence-electron chi connectivity index (χ1n) is 6.59. The maximum absolute atomic E-state index is 12.2. The Morgan fingerprint density at radius 3 is 3.00 bits per heavy atom. The standard InChI is InChI=1S/C14H20ClN3O/c1-14(2)5-3-4-9(7-14)18-13(19)10-6-12(16)17-8-11(10)15/h6,8-9H,3-5,7H2,1-2H3,(H2,16,17)(H,18,19). The summed E-state index contributed by atoms with van der Waals surface area (Å²) in [5.74, 6) is 0.139. The summed E-state index contributed by atoms with van der Waals surface area (Å²) < 4.78 is 0. The molecule has 1 unspecified atom stereocenters. The number of pyridine rings is 1. The third kappa shape index (κ3) is 3.60. The minimum Gasteiger partial charge on any atom is -0.384 e. The van der Waals surface area contributed by atoms with Gasteiger partial charge in [0.1, 0.15) is 5.82 Å². The van der Waals surface area contributed by atoms with Crippen LogP contribution < -0.4 is 11.1 Å². The zero-order valence-electron chi connectivity index (χ0n) is 11.4. The Labute approximate surface area is 118 Å². The first kappa shape index (κ1) is 14.1. The molecule has 0 spiro atoms. The highest BCUT2D eigenvalue weighted by molar-refractivity contribution is 6.33. The molecule has 1 aromatic heterocycles. The summed E-state index contributed by atoms with van der Waals surface area (Å²) in [6.07, 6.45) is 5.79. The van der Waals surface area contributed by atoms with E-state index in [1.54, 1.807) is 0 Å². The van der Waals surface area contributed by atoms with E-state index in [0.717, 1.165) is 19.3 Å². The molecule has 1 aliphatic rings. The summed E-state index contributed by atoms with van der Waals surface area (Å²) in [5, 5.41) is 3.39. The Morgan fingerprint density at radius 2 is 2.32 bits per heavy atom. The molecule has 19 heavy (non-hydrogen) atoms. The van der Waals surface area contributed by atoms with Crippen LogP contribution in [0.25, 0.3) is 0 Å². The molecule has 0 saturated heterocycles. The van der Waals surface area contributed by atoms with Crippen molar-refractivity contribution in [3.05, 3.63) is 22.8 Å². The van der Waals surface area contributed by atoms with Gasteiger partial charge in [-0.15, -0.1) is 0 Å². The van der Waals surface area contributed by atoms with Crippen molar-refractivity contribution in [3.63, 3.8) is 0 Å². The van der Waals surface area contributed by atoms with E-state index < -0.39 is 0 Å². The first-order chi connectivity index (χ1) is 8.87. The van der Waals surface area contributed by atoms with Gasteiger partial charge >= 0.3 is 0 Å². The van der Waals surface area contributed by atoms with Gasteiger partial charge in [-0.25, -0.2) is 4.98 Å². The molecule has 5 heteroatoms. The van der Waals surface area contributed by atoms with E-state index in [9.17, 15) is 4.79 Å². The van der Waals surface area contributed by atoms with E-state index in [4.69, 9.17) is 17.3 Å². The van der Waals surface area contributed by atoms with Gasteiger partial charge in [0.25, 0.3) is 5.91 Å². The van der Waals surface area contributed by atoms with Crippen LogP contribution in [0, 0.1) is 5.41 Å². The number of anilines is 1. The van der Waals surface area contributed by atoms with Crippen LogP contribution in [0.1, 0.15) is 49.9 Å². The molecule has 1 amide bonds. The molecule has 0 aromatic carbocycles. The second-order valence-electron chi connectivity index (χ2n) is 6.02. The van der Waals surface area contributed by atoms with Gasteiger partial charge in [0.2, 0.25) is 0 Å². The molecule has 0 aliphatic heterocycles. The van der Waals surface area contributed by atoms with Crippen LogP contribution >= 0.6 is 11.6 Å². The fourth-order valence-electron chi connectivity index (χ4n) is 2.71. The predicted molar refractivity (Wildman–Crippen MR) is 77.2 cm³/mol. The number of aromatic nitrogens is 1. The van der Waals surface area contributed by atoms with Crippen molar-refractivity contribution in [2.75, 3.05) is 5.73 Å². The number of hydrogen-bond acceptors (Lipinski definition) is 3. The molecule has 104 valence electrons. The van der Waals surface area contributed by atoms with E-state index in [1.165, 1.54) is 18.7 Å². The van der Waals surface area contributed by atoms with E-state index in [0.29, 0.717) is 16.4 Å². The Balaban J connectivity index is 2.06. The van der Waals surface area contributed by atoms with E-state index in [2.05, 4.69) is 24.1 Å². The molecule has 1 heterocycles. The minimum absolute atomic E-state index is 0.165. The smallest absolute Gasteiger partial charge is 0.253 e. The lowest BCUT2D eigenvalue weighted by atomic mass is 9.75. The lowest BCUT2D eigenvalue weighted by molar-refractivity contribution is 0.0902. The number of carbonyl (C=O) groups is 1. The van der Waals surface area contributed by atoms with Crippen molar-refractivity contribution in [1.82, 2.24) is 10.3 Å². The van der Waals surface area contributed by atoms with Crippen molar-refractivity contribution in [3.8, 4) is 0 Å². The van der Waals surface area contributed by atoms with E-state index >= 15 is 0 Å². The number of nitrogens with two attached hydrogens (primary N) is 1. The monoisotopic (exact) mass is 281 g/mol. The largest absolute Gasteiger partial charge is 0.384 e. The SMILES string of the molecule is CC1(C)CCCC(NC(=O)c2cc(N)ncc2Cl)C1. The number of hydrogen-bond donors (Lipinski definition) is 2. The molecule has 1 aromatic rings. The summed E-state index contributed by atoms with van der Waals surface area (Å²) in [7, 11) is 0. The molecular weight excluding hydrogens is 262 g/mol. The first-order valence-corrected chi connectivity index (χ1v) is 6.97. The quantitative estimate of drug-likeness (QED) is 0.875. The van der Waals surface area contributed by atoms with Crippen LogP contribution in [-0.2, 0) is 0 Å². The number of nitrogens with zero attached hydrogens (tertiary/aromatic N) is 1. The highest BCUT2D eigenvalue weighted by Gasteiger charge is 2.29. The molecule has 1 fully saturated rings. The summed E-state index contributed by atoms with van der Waals surface area (Å²) >= 11 is 5.99. The van der Waals surface area contributed by atoms with Crippen LogP contribution in [0.15, 0.2) is 12.3 Å². The topological polar surface area (TPSA) is 68.0 Å². The van der Waals surface area contributed by atoms with Crippen LogP contribution in [0.2, 0.25) is 5.02 Å². The Morgan fingerprint density at radius 1 is 1.58 bits per heavy atom. The van der Waals surface area contributed by atoms with Crippen molar-refractivity contribution >= 4 is 23.3 Å². The normalized spacial score (nSPS) is 21.9. The molecule has 2 rings (SSSR count). The highest BCUT2D eigenvalue weighted by Crippen LogP contribution is 2.35. The average molecular weight is 282 g/mol. The molecule has 4 nitrogen and oxygen atoms in total. The molecule has 1 atom stereocenters. The molecular formula is C14H20ClN3O. The fraction of sp³-hybridized carbons (Fsp3) is 0.571.